The summed E-state index contributed by atoms with van der Waals surface area (Å²) in [6.45, 7) is 1.97. The number of nitrogens with zero attached hydrogens (tertiary/aromatic N) is 4. The molecule has 0 unspecified atom stereocenters. The normalized spacial score (nSPS) is 12.2. The average molecular weight is 347 g/mol. The van der Waals surface area contributed by atoms with E-state index >= 15 is 0 Å². The molecule has 3 aromatic heterocycles. The van der Waals surface area contributed by atoms with Gasteiger partial charge in [-0.25, -0.2) is 19.7 Å². The van der Waals surface area contributed by atoms with Gasteiger partial charge in [0.15, 0.2) is 11.3 Å². The molecule has 0 saturated carbocycles. The molecule has 130 valence electrons. The van der Waals surface area contributed by atoms with Gasteiger partial charge in [0.1, 0.15) is 0 Å². The highest BCUT2D eigenvalue weighted by Crippen LogP contribution is 2.22. The molecule has 0 aliphatic heterocycles. The molecule has 3 heterocycles. The number of nitrogens with one attached hydrogen (secondary N) is 1. The van der Waals surface area contributed by atoms with Crippen LogP contribution < -0.4 is 10.4 Å². The van der Waals surface area contributed by atoms with Crippen molar-refractivity contribution in [2.45, 2.75) is 13.0 Å². The van der Waals surface area contributed by atoms with Crippen LogP contribution in [0.4, 0.5) is 0 Å². The van der Waals surface area contributed by atoms with Crippen LogP contribution in [0.5, 0.6) is 5.88 Å². The summed E-state index contributed by atoms with van der Waals surface area (Å²) < 4.78 is 6.68. The molecule has 0 fully saturated rings. The summed E-state index contributed by atoms with van der Waals surface area (Å²) in [7, 11) is 1.56. The fourth-order valence-electron chi connectivity index (χ4n) is 2.93. The van der Waals surface area contributed by atoms with Crippen molar-refractivity contribution in [1.82, 2.24) is 24.5 Å². The number of benzene rings is 1. The second-order valence-electron chi connectivity index (χ2n) is 5.90. The fourth-order valence-corrected chi connectivity index (χ4v) is 2.93. The molecule has 7 nitrogen and oxygen atoms in total. The van der Waals surface area contributed by atoms with Crippen LogP contribution in [0.3, 0.4) is 0 Å². The second-order valence-corrected chi connectivity index (χ2v) is 5.90. The van der Waals surface area contributed by atoms with E-state index in [9.17, 15) is 4.79 Å². The van der Waals surface area contributed by atoms with Gasteiger partial charge >= 0.3 is 5.69 Å². The lowest BCUT2D eigenvalue weighted by atomic mass is 10.1. The van der Waals surface area contributed by atoms with Crippen molar-refractivity contribution in [3.05, 3.63) is 70.9 Å². The minimum atomic E-state index is -0.235. The number of hydrogen-bond acceptors (Lipinski definition) is 5. The average Bonchev–Trinajstić information content (AvgIpc) is 3.03. The van der Waals surface area contributed by atoms with Gasteiger partial charge in [0.25, 0.3) is 0 Å². The minimum Gasteiger partial charge on any atom is -0.481 e. The van der Waals surface area contributed by atoms with Gasteiger partial charge in [0, 0.05) is 17.8 Å². The zero-order valence-corrected chi connectivity index (χ0v) is 14.4. The predicted octanol–water partition coefficient (Wildman–Crippen LogP) is 2.80. The van der Waals surface area contributed by atoms with Gasteiger partial charge in [-0.05, 0) is 18.6 Å². The van der Waals surface area contributed by atoms with Crippen LogP contribution in [0.15, 0.2) is 59.7 Å². The van der Waals surface area contributed by atoms with Crippen LogP contribution in [-0.4, -0.2) is 31.6 Å². The molecule has 4 aromatic rings. The number of H-pyrrole nitrogens is 1. The summed E-state index contributed by atoms with van der Waals surface area (Å²) in [5.41, 5.74) is 3.20. The van der Waals surface area contributed by atoms with Gasteiger partial charge < -0.3 is 4.74 Å². The lowest BCUT2D eigenvalue weighted by Gasteiger charge is -2.13. The van der Waals surface area contributed by atoms with Gasteiger partial charge in [-0.3, -0.25) is 9.55 Å². The molecule has 0 aliphatic carbocycles. The maximum absolute atomic E-state index is 12.5. The lowest BCUT2D eigenvalue weighted by molar-refractivity contribution is 0.398. The Morgan fingerprint density at radius 2 is 1.88 bits per heavy atom. The highest BCUT2D eigenvalue weighted by atomic mass is 16.5. The third-order valence-electron chi connectivity index (χ3n) is 4.34. The van der Waals surface area contributed by atoms with Crippen LogP contribution in [0.1, 0.15) is 18.5 Å². The topological polar surface area (TPSA) is 85.7 Å². The molecule has 0 amide bonds. The van der Waals surface area contributed by atoms with Crippen molar-refractivity contribution in [2.24, 2.45) is 0 Å². The molecule has 4 rings (SSSR count). The summed E-state index contributed by atoms with van der Waals surface area (Å²) in [4.78, 5) is 28.5. The number of ether oxygens (including phenoxy) is 1. The molecule has 1 atom stereocenters. The molecule has 0 spiro atoms. The van der Waals surface area contributed by atoms with E-state index in [4.69, 9.17) is 4.74 Å². The highest BCUT2D eigenvalue weighted by Gasteiger charge is 2.17. The lowest BCUT2D eigenvalue weighted by Crippen LogP contribution is -2.21. The zero-order chi connectivity index (χ0) is 18.1. The Morgan fingerprint density at radius 1 is 1.08 bits per heavy atom. The van der Waals surface area contributed by atoms with Gasteiger partial charge in [-0.2, -0.15) is 0 Å². The first-order valence-corrected chi connectivity index (χ1v) is 8.20. The van der Waals surface area contributed by atoms with Crippen molar-refractivity contribution in [2.75, 3.05) is 7.11 Å². The van der Waals surface area contributed by atoms with E-state index in [0.717, 1.165) is 11.1 Å². The number of pyridine rings is 1. The molecule has 0 radical (unpaired) electrons. The maximum atomic E-state index is 12.5. The number of imidazole rings is 1. The SMILES string of the molecule is COc1ccc(-c2cnc3c(n2)[nH]c(=O)n3[C@@H](C)c2ccccc2)cn1. The molecule has 26 heavy (non-hydrogen) atoms. The smallest absolute Gasteiger partial charge is 0.329 e. The van der Waals surface area contributed by atoms with Crippen molar-refractivity contribution in [3.8, 4) is 17.1 Å². The summed E-state index contributed by atoms with van der Waals surface area (Å²) >= 11 is 0. The van der Waals surface area contributed by atoms with Crippen LogP contribution in [0.2, 0.25) is 0 Å². The molecule has 1 N–H and O–H groups in total. The number of methoxy groups -OCH3 is 1. The Hall–Kier alpha value is -3.48. The molecular formula is C19H17N5O2. The molecule has 0 aliphatic rings. The van der Waals surface area contributed by atoms with Gasteiger partial charge in [0.05, 0.1) is 25.0 Å². The molecular weight excluding hydrogens is 330 g/mol. The Morgan fingerprint density at radius 3 is 2.58 bits per heavy atom. The third kappa shape index (κ3) is 2.73. The Labute approximate surface area is 149 Å². The van der Waals surface area contributed by atoms with E-state index in [0.29, 0.717) is 22.9 Å². The van der Waals surface area contributed by atoms with E-state index in [1.165, 1.54) is 0 Å². The maximum Gasteiger partial charge on any atom is 0.329 e. The third-order valence-corrected chi connectivity index (χ3v) is 4.34. The van der Waals surface area contributed by atoms with Gasteiger partial charge in [-0.1, -0.05) is 30.3 Å². The van der Waals surface area contributed by atoms with E-state index < -0.39 is 0 Å². The van der Waals surface area contributed by atoms with E-state index in [2.05, 4.69) is 19.9 Å². The molecule has 1 aromatic carbocycles. The molecule has 0 bridgehead atoms. The van der Waals surface area contributed by atoms with Crippen LogP contribution >= 0.6 is 0 Å². The molecule has 0 saturated heterocycles. The number of aromatic nitrogens is 5. The number of rotatable bonds is 4. The summed E-state index contributed by atoms with van der Waals surface area (Å²) in [6, 6.07) is 13.3. The largest absolute Gasteiger partial charge is 0.481 e. The first-order valence-electron chi connectivity index (χ1n) is 8.20. The first-order chi connectivity index (χ1) is 12.7. The zero-order valence-electron chi connectivity index (χ0n) is 14.4. The number of aromatic amines is 1. The standard InChI is InChI=1S/C19H17N5O2/c1-12(13-6-4-3-5-7-13)24-18-17(23-19(24)25)22-15(11-21-18)14-8-9-16(26-2)20-10-14/h3-12H,1-2H3,(H,22,23,25)/t12-/m0/s1. The quantitative estimate of drug-likeness (QED) is 0.613. The minimum absolute atomic E-state index is 0.153. The Balaban J connectivity index is 1.78. The van der Waals surface area contributed by atoms with Crippen LogP contribution in [0, 0.1) is 0 Å². The van der Waals surface area contributed by atoms with Gasteiger partial charge in [-0.15, -0.1) is 0 Å². The fraction of sp³-hybridized carbons (Fsp3) is 0.158. The summed E-state index contributed by atoms with van der Waals surface area (Å²) in [5.74, 6) is 0.527. The van der Waals surface area contributed by atoms with E-state index in [-0.39, 0.29) is 11.7 Å². The van der Waals surface area contributed by atoms with Crippen molar-refractivity contribution < 1.29 is 4.74 Å². The monoisotopic (exact) mass is 347 g/mol. The number of fused-ring (bicyclic) bond motifs is 1. The number of hydrogen-bond donors (Lipinski definition) is 1. The van der Waals surface area contributed by atoms with Crippen molar-refractivity contribution in [3.63, 3.8) is 0 Å². The second kappa shape index (κ2) is 6.44. The highest BCUT2D eigenvalue weighted by molar-refractivity contribution is 5.70. The van der Waals surface area contributed by atoms with Crippen LogP contribution in [-0.2, 0) is 0 Å². The Kier molecular flexibility index (Phi) is 3.96. The molecule has 7 heteroatoms. The van der Waals surface area contributed by atoms with E-state index in [1.807, 2.05) is 43.3 Å². The van der Waals surface area contributed by atoms with Crippen molar-refractivity contribution in [1.29, 1.82) is 0 Å². The Bertz CT molecular complexity index is 1100. The summed E-state index contributed by atoms with van der Waals surface area (Å²) in [5, 5.41) is 0. The summed E-state index contributed by atoms with van der Waals surface area (Å²) in [6.07, 6.45) is 3.31. The first kappa shape index (κ1) is 16.0. The van der Waals surface area contributed by atoms with Gasteiger partial charge in [0.2, 0.25) is 5.88 Å². The van der Waals surface area contributed by atoms with Crippen molar-refractivity contribution >= 4 is 11.3 Å². The van der Waals surface area contributed by atoms with Crippen LogP contribution in [0.25, 0.3) is 22.6 Å². The predicted molar refractivity (Wildman–Crippen MR) is 98.2 cm³/mol. The van der Waals surface area contributed by atoms with E-state index in [1.54, 1.807) is 30.1 Å².